The van der Waals surface area contributed by atoms with Gasteiger partial charge in [0.1, 0.15) is 5.75 Å². The number of ether oxygens (including phenoxy) is 1. The Labute approximate surface area is 105 Å². The molecule has 0 amide bonds. The molecule has 1 heterocycles. The fourth-order valence-electron chi connectivity index (χ4n) is 1.84. The monoisotopic (exact) mass is 243 g/mol. The average molecular weight is 243 g/mol. The standard InChI is InChI=1S/C14H13NO3/c1-9-5-10(7-11(6-9)14(16)17)12-8-15-4-3-13(12)18-2/h3-8H,1-2H3,(H,16,17). The Morgan fingerprint density at radius 2 is 2.11 bits per heavy atom. The second-order valence-electron chi connectivity index (χ2n) is 3.97. The maximum Gasteiger partial charge on any atom is 0.335 e. The minimum atomic E-state index is -0.942. The third-order valence-electron chi connectivity index (χ3n) is 2.64. The summed E-state index contributed by atoms with van der Waals surface area (Å²) in [6.07, 6.45) is 3.30. The van der Waals surface area contributed by atoms with Gasteiger partial charge in [-0.05, 0) is 36.2 Å². The molecule has 0 fully saturated rings. The van der Waals surface area contributed by atoms with Crippen molar-refractivity contribution in [3.63, 3.8) is 0 Å². The molecule has 0 aliphatic heterocycles. The third kappa shape index (κ3) is 2.32. The van der Waals surface area contributed by atoms with E-state index >= 15 is 0 Å². The fourth-order valence-corrected chi connectivity index (χ4v) is 1.84. The number of pyridine rings is 1. The van der Waals surface area contributed by atoms with E-state index in [1.54, 1.807) is 37.7 Å². The normalized spacial score (nSPS) is 10.1. The van der Waals surface area contributed by atoms with Crippen LogP contribution in [0.4, 0.5) is 0 Å². The first-order chi connectivity index (χ1) is 8.61. The van der Waals surface area contributed by atoms with Crippen molar-refractivity contribution < 1.29 is 14.6 Å². The van der Waals surface area contributed by atoms with Gasteiger partial charge < -0.3 is 9.84 Å². The van der Waals surface area contributed by atoms with Crippen LogP contribution in [-0.2, 0) is 0 Å². The highest BCUT2D eigenvalue weighted by atomic mass is 16.5. The van der Waals surface area contributed by atoms with E-state index in [4.69, 9.17) is 9.84 Å². The second kappa shape index (κ2) is 4.87. The van der Waals surface area contributed by atoms with Crippen molar-refractivity contribution in [2.75, 3.05) is 7.11 Å². The van der Waals surface area contributed by atoms with E-state index in [1.807, 2.05) is 13.0 Å². The molecule has 0 radical (unpaired) electrons. The molecule has 1 N–H and O–H groups in total. The summed E-state index contributed by atoms with van der Waals surface area (Å²) in [5, 5.41) is 9.06. The van der Waals surface area contributed by atoms with Gasteiger partial charge in [0.05, 0.1) is 12.7 Å². The second-order valence-corrected chi connectivity index (χ2v) is 3.97. The molecule has 18 heavy (non-hydrogen) atoms. The molecule has 2 aromatic rings. The molecule has 0 unspecified atom stereocenters. The maximum atomic E-state index is 11.0. The third-order valence-corrected chi connectivity index (χ3v) is 2.64. The van der Waals surface area contributed by atoms with E-state index in [9.17, 15) is 4.79 Å². The van der Waals surface area contributed by atoms with Gasteiger partial charge in [0.25, 0.3) is 0 Å². The lowest BCUT2D eigenvalue weighted by Gasteiger charge is -2.09. The number of carbonyl (C=O) groups is 1. The average Bonchev–Trinajstić information content (AvgIpc) is 2.38. The van der Waals surface area contributed by atoms with Crippen LogP contribution >= 0.6 is 0 Å². The molecule has 1 aromatic heterocycles. The fraction of sp³-hybridized carbons (Fsp3) is 0.143. The first kappa shape index (κ1) is 12.1. The molecule has 1 aromatic carbocycles. The van der Waals surface area contributed by atoms with Gasteiger partial charge in [0.2, 0.25) is 0 Å². The summed E-state index contributed by atoms with van der Waals surface area (Å²) in [6.45, 7) is 1.86. The number of methoxy groups -OCH3 is 1. The molecule has 0 atom stereocenters. The SMILES string of the molecule is COc1ccncc1-c1cc(C)cc(C(=O)O)c1. The Morgan fingerprint density at radius 3 is 2.78 bits per heavy atom. The molecule has 0 aliphatic carbocycles. The predicted octanol–water partition coefficient (Wildman–Crippen LogP) is 2.76. The van der Waals surface area contributed by atoms with Crippen LogP contribution in [0.25, 0.3) is 11.1 Å². The molecule has 0 aliphatic rings. The minimum Gasteiger partial charge on any atom is -0.496 e. The number of rotatable bonds is 3. The summed E-state index contributed by atoms with van der Waals surface area (Å²) in [5.41, 5.74) is 2.72. The van der Waals surface area contributed by atoms with Crippen LogP contribution in [0.5, 0.6) is 5.75 Å². The zero-order valence-corrected chi connectivity index (χ0v) is 10.2. The number of aromatic carboxylic acids is 1. The first-order valence-electron chi connectivity index (χ1n) is 5.45. The summed E-state index contributed by atoms with van der Waals surface area (Å²) >= 11 is 0. The lowest BCUT2D eigenvalue weighted by atomic mass is 10.0. The number of hydrogen-bond donors (Lipinski definition) is 1. The molecule has 4 nitrogen and oxygen atoms in total. The van der Waals surface area contributed by atoms with E-state index in [0.29, 0.717) is 5.75 Å². The highest BCUT2D eigenvalue weighted by molar-refractivity contribution is 5.90. The highest BCUT2D eigenvalue weighted by Crippen LogP contribution is 2.30. The number of aryl methyl sites for hydroxylation is 1. The number of aromatic nitrogens is 1. The molecule has 0 saturated carbocycles. The van der Waals surface area contributed by atoms with E-state index in [2.05, 4.69) is 4.98 Å². The van der Waals surface area contributed by atoms with Crippen molar-refractivity contribution in [1.29, 1.82) is 0 Å². The number of carboxylic acid groups (broad SMARTS) is 1. The van der Waals surface area contributed by atoms with Crippen molar-refractivity contribution >= 4 is 5.97 Å². The molecule has 4 heteroatoms. The largest absolute Gasteiger partial charge is 0.496 e. The molecule has 2 rings (SSSR count). The van der Waals surface area contributed by atoms with Crippen molar-refractivity contribution in [2.24, 2.45) is 0 Å². The molecule has 0 spiro atoms. The Morgan fingerprint density at radius 1 is 1.33 bits per heavy atom. The molecule has 0 saturated heterocycles. The van der Waals surface area contributed by atoms with E-state index in [-0.39, 0.29) is 5.56 Å². The van der Waals surface area contributed by atoms with Crippen LogP contribution in [0.1, 0.15) is 15.9 Å². The van der Waals surface area contributed by atoms with Gasteiger partial charge in [-0.2, -0.15) is 0 Å². The van der Waals surface area contributed by atoms with E-state index in [1.165, 1.54) is 0 Å². The van der Waals surface area contributed by atoms with Crippen molar-refractivity contribution in [3.05, 3.63) is 47.8 Å². The van der Waals surface area contributed by atoms with Gasteiger partial charge in [-0.15, -0.1) is 0 Å². The molecule has 92 valence electrons. The van der Waals surface area contributed by atoms with Gasteiger partial charge in [0.15, 0.2) is 0 Å². The molecular formula is C14H13NO3. The number of carboxylic acids is 1. The number of nitrogens with zero attached hydrogens (tertiary/aromatic N) is 1. The van der Waals surface area contributed by atoms with Crippen LogP contribution in [0.2, 0.25) is 0 Å². The summed E-state index contributed by atoms with van der Waals surface area (Å²) in [7, 11) is 1.58. The molecule has 0 bridgehead atoms. The zero-order chi connectivity index (χ0) is 13.1. The van der Waals surface area contributed by atoms with E-state index < -0.39 is 5.97 Å². The topological polar surface area (TPSA) is 59.4 Å². The Kier molecular flexibility index (Phi) is 3.28. The number of benzene rings is 1. The molecular weight excluding hydrogens is 230 g/mol. The summed E-state index contributed by atoms with van der Waals surface area (Å²) in [6, 6.07) is 6.91. The summed E-state index contributed by atoms with van der Waals surface area (Å²) in [5.74, 6) is -0.269. The van der Waals surface area contributed by atoms with Gasteiger partial charge >= 0.3 is 5.97 Å². The van der Waals surface area contributed by atoms with E-state index in [0.717, 1.165) is 16.7 Å². The van der Waals surface area contributed by atoms with Crippen LogP contribution in [0.15, 0.2) is 36.7 Å². The smallest absolute Gasteiger partial charge is 0.335 e. The Balaban J connectivity index is 2.60. The maximum absolute atomic E-state index is 11.0. The minimum absolute atomic E-state index is 0.260. The summed E-state index contributed by atoms with van der Waals surface area (Å²) in [4.78, 5) is 15.1. The number of hydrogen-bond acceptors (Lipinski definition) is 3. The lowest BCUT2D eigenvalue weighted by Crippen LogP contribution is -1.98. The zero-order valence-electron chi connectivity index (χ0n) is 10.2. The first-order valence-corrected chi connectivity index (χ1v) is 5.45. The predicted molar refractivity (Wildman–Crippen MR) is 67.9 cm³/mol. The van der Waals surface area contributed by atoms with Crippen LogP contribution < -0.4 is 4.74 Å². The van der Waals surface area contributed by atoms with Crippen LogP contribution in [-0.4, -0.2) is 23.2 Å². The van der Waals surface area contributed by atoms with Crippen LogP contribution in [0, 0.1) is 6.92 Å². The van der Waals surface area contributed by atoms with Gasteiger partial charge in [-0.3, -0.25) is 4.98 Å². The van der Waals surface area contributed by atoms with Crippen molar-refractivity contribution in [3.8, 4) is 16.9 Å². The lowest BCUT2D eigenvalue weighted by molar-refractivity contribution is 0.0697. The quantitative estimate of drug-likeness (QED) is 0.900. The van der Waals surface area contributed by atoms with Gasteiger partial charge in [-0.25, -0.2) is 4.79 Å². The van der Waals surface area contributed by atoms with Gasteiger partial charge in [-0.1, -0.05) is 6.07 Å². The van der Waals surface area contributed by atoms with Gasteiger partial charge in [0, 0.05) is 18.0 Å². The Hall–Kier alpha value is -2.36. The van der Waals surface area contributed by atoms with Crippen LogP contribution in [0.3, 0.4) is 0 Å². The van der Waals surface area contributed by atoms with Crippen molar-refractivity contribution in [2.45, 2.75) is 6.92 Å². The Bertz CT molecular complexity index is 593. The van der Waals surface area contributed by atoms with Crippen molar-refractivity contribution in [1.82, 2.24) is 4.98 Å². The highest BCUT2D eigenvalue weighted by Gasteiger charge is 2.10. The summed E-state index contributed by atoms with van der Waals surface area (Å²) < 4.78 is 5.25.